The van der Waals surface area contributed by atoms with Gasteiger partial charge in [-0.15, -0.1) is 12.4 Å². The van der Waals surface area contributed by atoms with Crippen molar-refractivity contribution < 1.29 is 14.4 Å². The lowest BCUT2D eigenvalue weighted by Crippen LogP contribution is -2.59. The zero-order valence-electron chi connectivity index (χ0n) is 20.0. The van der Waals surface area contributed by atoms with E-state index in [-0.39, 0.29) is 41.3 Å². The topological polar surface area (TPSA) is 92.5 Å². The van der Waals surface area contributed by atoms with E-state index in [0.717, 1.165) is 29.5 Å². The Morgan fingerprint density at radius 1 is 1.03 bits per heavy atom. The summed E-state index contributed by atoms with van der Waals surface area (Å²) < 4.78 is 0. The Kier molecular flexibility index (Phi) is 7.53. The predicted octanol–water partition coefficient (Wildman–Crippen LogP) is 3.58. The number of ketones is 1. The van der Waals surface area contributed by atoms with Crippen LogP contribution < -0.4 is 11.1 Å². The summed E-state index contributed by atoms with van der Waals surface area (Å²) >= 11 is 0. The predicted molar refractivity (Wildman–Crippen MR) is 135 cm³/mol. The quantitative estimate of drug-likeness (QED) is 0.679. The summed E-state index contributed by atoms with van der Waals surface area (Å²) in [5.74, 6) is -0.475. The molecule has 0 aromatic heterocycles. The molecule has 3 N–H and O–H groups in total. The summed E-state index contributed by atoms with van der Waals surface area (Å²) in [4.78, 5) is 40.8. The fourth-order valence-corrected chi connectivity index (χ4v) is 5.16. The molecule has 1 aliphatic carbocycles. The second-order valence-corrected chi connectivity index (χ2v) is 10.1. The maximum absolute atomic E-state index is 13.7. The average molecular weight is 484 g/mol. The van der Waals surface area contributed by atoms with Crippen molar-refractivity contribution in [3.8, 4) is 0 Å². The number of Topliss-reactive ketones (excluding diaryl/α,β-unsaturated/α-hetero) is 1. The minimum absolute atomic E-state index is 0. The van der Waals surface area contributed by atoms with E-state index < -0.39 is 11.6 Å². The maximum atomic E-state index is 13.7. The SMILES string of the molecule is C[C@@H](c1ccccc1)[C@H](NC(=O)C(C)(C)N)C(=O)N1CCC2(CC1)CC(=O)c1ccccc12.Cl. The number of nitrogens with zero attached hydrogens (tertiary/aromatic N) is 1. The highest BCUT2D eigenvalue weighted by Crippen LogP contribution is 2.46. The molecule has 4 rings (SSSR count). The molecule has 0 radical (unpaired) electrons. The van der Waals surface area contributed by atoms with Gasteiger partial charge in [0.2, 0.25) is 11.8 Å². The molecule has 0 saturated carbocycles. The van der Waals surface area contributed by atoms with Crippen LogP contribution in [-0.4, -0.2) is 47.2 Å². The van der Waals surface area contributed by atoms with Crippen LogP contribution in [0, 0.1) is 0 Å². The number of likely N-dealkylation sites (tertiary alicyclic amines) is 1. The van der Waals surface area contributed by atoms with Gasteiger partial charge in [-0.25, -0.2) is 0 Å². The number of nitrogens with two attached hydrogens (primary N) is 1. The number of hydrogen-bond donors (Lipinski definition) is 2. The van der Waals surface area contributed by atoms with Crippen LogP contribution in [0.25, 0.3) is 0 Å². The number of halogens is 1. The molecule has 2 aromatic rings. The molecule has 1 spiro atoms. The van der Waals surface area contributed by atoms with E-state index in [1.54, 1.807) is 13.8 Å². The van der Waals surface area contributed by atoms with Crippen molar-refractivity contribution in [3.05, 3.63) is 71.3 Å². The van der Waals surface area contributed by atoms with Crippen LogP contribution in [-0.2, 0) is 15.0 Å². The molecule has 2 atom stereocenters. The number of nitrogens with one attached hydrogen (secondary N) is 1. The number of amides is 2. The number of rotatable bonds is 5. The molecule has 34 heavy (non-hydrogen) atoms. The van der Waals surface area contributed by atoms with Gasteiger partial charge in [0.15, 0.2) is 5.78 Å². The minimum Gasteiger partial charge on any atom is -0.342 e. The summed E-state index contributed by atoms with van der Waals surface area (Å²) in [5.41, 5.74) is 7.66. The van der Waals surface area contributed by atoms with Gasteiger partial charge >= 0.3 is 0 Å². The largest absolute Gasteiger partial charge is 0.342 e. The van der Waals surface area contributed by atoms with E-state index >= 15 is 0 Å². The summed E-state index contributed by atoms with van der Waals surface area (Å²) in [7, 11) is 0. The first-order valence-electron chi connectivity index (χ1n) is 11.7. The maximum Gasteiger partial charge on any atom is 0.245 e. The van der Waals surface area contributed by atoms with Gasteiger partial charge in [-0.05, 0) is 37.8 Å². The Hall–Kier alpha value is -2.70. The van der Waals surface area contributed by atoms with E-state index in [4.69, 9.17) is 5.73 Å². The van der Waals surface area contributed by atoms with Crippen LogP contribution in [0.3, 0.4) is 0 Å². The Morgan fingerprint density at radius 2 is 1.62 bits per heavy atom. The smallest absolute Gasteiger partial charge is 0.245 e. The standard InChI is InChI=1S/C27H33N3O3.ClH/c1-18(19-9-5-4-6-10-19)23(29-25(33)26(2,3)28)24(32)30-15-13-27(14-16-30)17-22(31)20-11-7-8-12-21(20)27;/h4-12,18,23H,13-17,28H2,1-3H3,(H,29,33);1H/t18-,23-;/m0./s1. The Bertz CT molecular complexity index is 1060. The highest BCUT2D eigenvalue weighted by Gasteiger charge is 2.46. The number of carbonyl (C=O) groups is 3. The van der Waals surface area contributed by atoms with Crippen molar-refractivity contribution in [3.63, 3.8) is 0 Å². The van der Waals surface area contributed by atoms with Crippen molar-refractivity contribution in [2.45, 2.75) is 62.9 Å². The zero-order chi connectivity index (χ0) is 23.8. The number of fused-ring (bicyclic) bond motifs is 2. The van der Waals surface area contributed by atoms with E-state index in [0.29, 0.717) is 19.5 Å². The van der Waals surface area contributed by atoms with Crippen LogP contribution in [0.2, 0.25) is 0 Å². The Labute approximate surface area is 207 Å². The van der Waals surface area contributed by atoms with E-state index in [1.165, 1.54) is 0 Å². The first-order chi connectivity index (χ1) is 15.6. The molecule has 2 aliphatic rings. The average Bonchev–Trinajstić information content (AvgIpc) is 3.08. The van der Waals surface area contributed by atoms with Crippen LogP contribution in [0.15, 0.2) is 54.6 Å². The van der Waals surface area contributed by atoms with Crippen molar-refractivity contribution in [2.75, 3.05) is 13.1 Å². The van der Waals surface area contributed by atoms with Gasteiger partial charge in [0.25, 0.3) is 0 Å². The van der Waals surface area contributed by atoms with Crippen molar-refractivity contribution >= 4 is 30.0 Å². The number of carbonyl (C=O) groups excluding carboxylic acids is 3. The molecular formula is C27H34ClN3O3. The molecule has 0 bridgehead atoms. The molecule has 2 amide bonds. The van der Waals surface area contributed by atoms with Gasteiger partial charge in [0.1, 0.15) is 6.04 Å². The molecule has 1 saturated heterocycles. The van der Waals surface area contributed by atoms with Gasteiger partial charge in [-0.3, -0.25) is 14.4 Å². The van der Waals surface area contributed by atoms with E-state index in [9.17, 15) is 14.4 Å². The molecule has 1 fully saturated rings. The number of benzene rings is 2. The molecular weight excluding hydrogens is 450 g/mol. The molecule has 6 nitrogen and oxygen atoms in total. The van der Waals surface area contributed by atoms with Crippen molar-refractivity contribution in [1.82, 2.24) is 10.2 Å². The fourth-order valence-electron chi connectivity index (χ4n) is 5.16. The van der Waals surface area contributed by atoms with Crippen LogP contribution >= 0.6 is 12.4 Å². The molecule has 0 unspecified atom stereocenters. The fraction of sp³-hybridized carbons (Fsp3) is 0.444. The first-order valence-corrected chi connectivity index (χ1v) is 11.7. The Balaban J connectivity index is 0.00000324. The number of hydrogen-bond acceptors (Lipinski definition) is 4. The zero-order valence-corrected chi connectivity index (χ0v) is 20.9. The van der Waals surface area contributed by atoms with Crippen LogP contribution in [0.1, 0.15) is 67.4 Å². The molecule has 2 aromatic carbocycles. The normalized spacial score (nSPS) is 18.6. The van der Waals surface area contributed by atoms with Gasteiger partial charge in [0.05, 0.1) is 5.54 Å². The lowest BCUT2D eigenvalue weighted by molar-refractivity contribution is -0.139. The molecule has 1 heterocycles. The van der Waals surface area contributed by atoms with E-state index in [2.05, 4.69) is 11.4 Å². The van der Waals surface area contributed by atoms with Gasteiger partial charge in [-0.2, -0.15) is 0 Å². The first kappa shape index (κ1) is 25.9. The van der Waals surface area contributed by atoms with Crippen LogP contribution in [0.4, 0.5) is 0 Å². The Morgan fingerprint density at radius 3 is 2.24 bits per heavy atom. The van der Waals surface area contributed by atoms with Gasteiger partial charge in [-0.1, -0.05) is 61.5 Å². The third kappa shape index (κ3) is 4.89. The lowest BCUT2D eigenvalue weighted by Gasteiger charge is -2.41. The summed E-state index contributed by atoms with van der Waals surface area (Å²) in [6.07, 6.45) is 1.99. The van der Waals surface area contributed by atoms with Gasteiger partial charge in [0, 0.05) is 36.4 Å². The lowest BCUT2D eigenvalue weighted by atomic mass is 9.73. The highest BCUT2D eigenvalue weighted by atomic mass is 35.5. The van der Waals surface area contributed by atoms with Crippen molar-refractivity contribution in [2.24, 2.45) is 5.73 Å². The second kappa shape index (κ2) is 9.88. The monoisotopic (exact) mass is 483 g/mol. The van der Waals surface area contributed by atoms with Gasteiger partial charge < -0.3 is 16.0 Å². The third-order valence-corrected chi connectivity index (χ3v) is 7.29. The summed E-state index contributed by atoms with van der Waals surface area (Å²) in [6, 6.07) is 16.9. The summed E-state index contributed by atoms with van der Waals surface area (Å²) in [5, 5.41) is 2.93. The van der Waals surface area contributed by atoms with Crippen LogP contribution in [0.5, 0.6) is 0 Å². The molecule has 7 heteroatoms. The summed E-state index contributed by atoms with van der Waals surface area (Å²) in [6.45, 7) is 6.34. The molecule has 182 valence electrons. The second-order valence-electron chi connectivity index (χ2n) is 10.1. The molecule has 1 aliphatic heterocycles. The minimum atomic E-state index is -1.09. The number of piperidine rings is 1. The third-order valence-electron chi connectivity index (χ3n) is 7.29. The van der Waals surface area contributed by atoms with Crippen molar-refractivity contribution in [1.29, 1.82) is 0 Å². The highest BCUT2D eigenvalue weighted by molar-refractivity contribution is 6.02. The van der Waals surface area contributed by atoms with E-state index in [1.807, 2.05) is 60.4 Å².